The number of hydrogen-bond donors (Lipinski definition) is 1. The van der Waals surface area contributed by atoms with Gasteiger partial charge in [-0.25, -0.2) is 0 Å². The van der Waals surface area contributed by atoms with Gasteiger partial charge in [-0.3, -0.25) is 0 Å². The van der Waals surface area contributed by atoms with Crippen LogP contribution in [0.4, 0.5) is 0 Å². The van der Waals surface area contributed by atoms with Crippen molar-refractivity contribution in [3.63, 3.8) is 0 Å². The monoisotopic (exact) mass is 169 g/mol. The minimum Gasteiger partial charge on any atom is -0.469 e. The van der Waals surface area contributed by atoms with Gasteiger partial charge in [-0.1, -0.05) is 0 Å². The Morgan fingerprint density at radius 1 is 1.67 bits per heavy atom. The maximum atomic E-state index is 5.81. The SMILES string of the molecule is COCC[C@@H](N)Cc1ccco1. The lowest BCUT2D eigenvalue weighted by atomic mass is 10.1. The number of hydrogen-bond acceptors (Lipinski definition) is 3. The van der Waals surface area contributed by atoms with Gasteiger partial charge in [0.25, 0.3) is 0 Å². The molecule has 0 aromatic carbocycles. The van der Waals surface area contributed by atoms with Gasteiger partial charge in [0.15, 0.2) is 0 Å². The Labute approximate surface area is 72.5 Å². The normalized spacial score (nSPS) is 13.2. The van der Waals surface area contributed by atoms with Crippen molar-refractivity contribution >= 4 is 0 Å². The zero-order valence-corrected chi connectivity index (χ0v) is 7.32. The van der Waals surface area contributed by atoms with Crippen molar-refractivity contribution < 1.29 is 9.15 Å². The Balaban J connectivity index is 2.22. The standard InChI is InChI=1S/C9H15NO2/c1-11-6-4-8(10)7-9-3-2-5-12-9/h2-3,5,8H,4,6-7,10H2,1H3/t8-/m1/s1. The van der Waals surface area contributed by atoms with Crippen molar-refractivity contribution in [2.45, 2.75) is 18.9 Å². The van der Waals surface area contributed by atoms with Crippen LogP contribution in [0.5, 0.6) is 0 Å². The van der Waals surface area contributed by atoms with E-state index in [-0.39, 0.29) is 6.04 Å². The van der Waals surface area contributed by atoms with Crippen LogP contribution >= 0.6 is 0 Å². The Morgan fingerprint density at radius 2 is 2.50 bits per heavy atom. The third-order valence-electron chi connectivity index (χ3n) is 1.74. The molecule has 0 radical (unpaired) electrons. The van der Waals surface area contributed by atoms with Crippen molar-refractivity contribution in [2.24, 2.45) is 5.73 Å². The fourth-order valence-corrected chi connectivity index (χ4v) is 1.06. The molecule has 0 saturated heterocycles. The first kappa shape index (κ1) is 9.29. The molecule has 0 saturated carbocycles. The van der Waals surface area contributed by atoms with Gasteiger partial charge in [-0.2, -0.15) is 0 Å². The van der Waals surface area contributed by atoms with Crippen molar-refractivity contribution in [1.82, 2.24) is 0 Å². The average Bonchev–Trinajstić information content (AvgIpc) is 2.53. The first-order chi connectivity index (χ1) is 5.83. The second-order valence-electron chi connectivity index (χ2n) is 2.83. The summed E-state index contributed by atoms with van der Waals surface area (Å²) >= 11 is 0. The number of methoxy groups -OCH3 is 1. The Hall–Kier alpha value is -0.800. The molecule has 3 heteroatoms. The molecule has 2 N–H and O–H groups in total. The molecule has 0 aliphatic heterocycles. The first-order valence-electron chi connectivity index (χ1n) is 4.10. The van der Waals surface area contributed by atoms with E-state index in [1.165, 1.54) is 0 Å². The molecule has 1 rings (SSSR count). The highest BCUT2D eigenvalue weighted by Gasteiger charge is 2.04. The predicted molar refractivity (Wildman–Crippen MR) is 46.9 cm³/mol. The molecule has 3 nitrogen and oxygen atoms in total. The lowest BCUT2D eigenvalue weighted by Gasteiger charge is -2.07. The molecule has 1 aromatic rings. The second kappa shape index (κ2) is 4.95. The smallest absolute Gasteiger partial charge is 0.105 e. The summed E-state index contributed by atoms with van der Waals surface area (Å²) < 4.78 is 10.1. The third-order valence-corrected chi connectivity index (χ3v) is 1.74. The quantitative estimate of drug-likeness (QED) is 0.720. The highest BCUT2D eigenvalue weighted by molar-refractivity contribution is 4.99. The van der Waals surface area contributed by atoms with E-state index in [2.05, 4.69) is 0 Å². The Kier molecular flexibility index (Phi) is 3.84. The molecule has 68 valence electrons. The summed E-state index contributed by atoms with van der Waals surface area (Å²) in [5.74, 6) is 0.943. The molecule has 0 aliphatic carbocycles. The molecule has 0 unspecified atom stereocenters. The largest absolute Gasteiger partial charge is 0.469 e. The number of furan rings is 1. The topological polar surface area (TPSA) is 48.4 Å². The zero-order chi connectivity index (χ0) is 8.81. The summed E-state index contributed by atoms with van der Waals surface area (Å²) in [6, 6.07) is 3.95. The minimum atomic E-state index is 0.135. The van der Waals surface area contributed by atoms with E-state index >= 15 is 0 Å². The first-order valence-corrected chi connectivity index (χ1v) is 4.10. The van der Waals surface area contributed by atoms with E-state index in [1.807, 2.05) is 12.1 Å². The number of rotatable bonds is 5. The van der Waals surface area contributed by atoms with Gasteiger partial charge in [0.2, 0.25) is 0 Å². The van der Waals surface area contributed by atoms with Crippen LogP contribution in [0.3, 0.4) is 0 Å². The van der Waals surface area contributed by atoms with E-state index in [0.717, 1.165) is 18.6 Å². The lowest BCUT2D eigenvalue weighted by molar-refractivity contribution is 0.187. The van der Waals surface area contributed by atoms with Crippen molar-refractivity contribution in [2.75, 3.05) is 13.7 Å². The third kappa shape index (κ3) is 3.07. The second-order valence-corrected chi connectivity index (χ2v) is 2.83. The van der Waals surface area contributed by atoms with Crippen LogP contribution in [0.15, 0.2) is 22.8 Å². The number of ether oxygens (including phenoxy) is 1. The zero-order valence-electron chi connectivity index (χ0n) is 7.32. The fraction of sp³-hybridized carbons (Fsp3) is 0.556. The van der Waals surface area contributed by atoms with Crippen LogP contribution in [-0.2, 0) is 11.2 Å². The lowest BCUT2D eigenvalue weighted by Crippen LogP contribution is -2.24. The van der Waals surface area contributed by atoms with Crippen LogP contribution in [0.25, 0.3) is 0 Å². The highest BCUT2D eigenvalue weighted by Crippen LogP contribution is 2.04. The van der Waals surface area contributed by atoms with Crippen molar-refractivity contribution in [1.29, 1.82) is 0 Å². The van der Waals surface area contributed by atoms with E-state index < -0.39 is 0 Å². The maximum absolute atomic E-state index is 5.81. The average molecular weight is 169 g/mol. The molecule has 0 bridgehead atoms. The van der Waals surface area contributed by atoms with Crippen LogP contribution in [0.2, 0.25) is 0 Å². The molecule has 12 heavy (non-hydrogen) atoms. The van der Waals surface area contributed by atoms with Crippen LogP contribution < -0.4 is 5.73 Å². The van der Waals surface area contributed by atoms with Crippen LogP contribution in [0.1, 0.15) is 12.2 Å². The minimum absolute atomic E-state index is 0.135. The highest BCUT2D eigenvalue weighted by atomic mass is 16.5. The van der Waals surface area contributed by atoms with E-state index in [1.54, 1.807) is 13.4 Å². The maximum Gasteiger partial charge on any atom is 0.105 e. The summed E-state index contributed by atoms with van der Waals surface area (Å²) in [6.45, 7) is 0.710. The molecule has 0 fully saturated rings. The Bertz CT molecular complexity index is 196. The van der Waals surface area contributed by atoms with Crippen molar-refractivity contribution in [3.05, 3.63) is 24.2 Å². The molecule has 1 aromatic heterocycles. The summed E-state index contributed by atoms with van der Waals surface area (Å²) in [5.41, 5.74) is 5.81. The van der Waals surface area contributed by atoms with Crippen LogP contribution in [0, 0.1) is 0 Å². The van der Waals surface area contributed by atoms with E-state index in [9.17, 15) is 0 Å². The molecule has 0 aliphatic rings. The summed E-state index contributed by atoms with van der Waals surface area (Å²) in [5, 5.41) is 0. The predicted octanol–water partition coefficient (Wildman–Crippen LogP) is 1.19. The summed E-state index contributed by atoms with van der Waals surface area (Å²) in [4.78, 5) is 0. The molecular formula is C9H15NO2. The Morgan fingerprint density at radius 3 is 3.08 bits per heavy atom. The van der Waals surface area contributed by atoms with Gasteiger partial charge in [0.05, 0.1) is 6.26 Å². The molecule has 1 atom stereocenters. The van der Waals surface area contributed by atoms with Crippen molar-refractivity contribution in [3.8, 4) is 0 Å². The van der Waals surface area contributed by atoms with Gasteiger partial charge in [-0.05, 0) is 18.6 Å². The molecule has 0 amide bonds. The summed E-state index contributed by atoms with van der Waals surface area (Å²) in [7, 11) is 1.68. The molecular weight excluding hydrogens is 154 g/mol. The summed E-state index contributed by atoms with van der Waals surface area (Å²) in [6.07, 6.45) is 3.33. The van der Waals surface area contributed by atoms with Gasteiger partial charge in [-0.15, -0.1) is 0 Å². The molecule has 0 spiro atoms. The van der Waals surface area contributed by atoms with E-state index in [0.29, 0.717) is 6.61 Å². The van der Waals surface area contributed by atoms with Gasteiger partial charge >= 0.3 is 0 Å². The van der Waals surface area contributed by atoms with E-state index in [4.69, 9.17) is 14.9 Å². The van der Waals surface area contributed by atoms with Gasteiger partial charge in [0.1, 0.15) is 5.76 Å². The van der Waals surface area contributed by atoms with Gasteiger partial charge in [0, 0.05) is 26.2 Å². The van der Waals surface area contributed by atoms with Gasteiger partial charge < -0.3 is 14.9 Å². The molecule has 1 heterocycles. The number of nitrogens with two attached hydrogens (primary N) is 1. The fourth-order valence-electron chi connectivity index (χ4n) is 1.06. The van der Waals surface area contributed by atoms with Crippen LogP contribution in [-0.4, -0.2) is 19.8 Å².